The first-order valence-corrected chi connectivity index (χ1v) is 9.22. The molecule has 0 saturated carbocycles. The maximum atomic E-state index is 12.6. The van der Waals surface area contributed by atoms with E-state index in [1.165, 1.54) is 11.3 Å². The number of hydrogen-bond donors (Lipinski definition) is 1. The summed E-state index contributed by atoms with van der Waals surface area (Å²) in [5.41, 5.74) is 1.83. The number of carbonyl (C=O) groups is 1. The van der Waals surface area contributed by atoms with Crippen molar-refractivity contribution in [3.63, 3.8) is 0 Å². The first-order chi connectivity index (χ1) is 13.0. The van der Waals surface area contributed by atoms with Gasteiger partial charge in [-0.1, -0.05) is 28.8 Å². The SMILES string of the molecule is COc1ccc(-c2nnc(NC(=O)c3sc4cc(C)ccc4c3Cl)o2)cc1. The Kier molecular flexibility index (Phi) is 4.55. The number of fused-ring (bicyclic) bond motifs is 1. The zero-order valence-corrected chi connectivity index (χ0v) is 16.0. The number of thiophene rings is 1. The molecule has 0 radical (unpaired) electrons. The van der Waals surface area contributed by atoms with Crippen LogP contribution in [-0.4, -0.2) is 23.2 Å². The fourth-order valence-electron chi connectivity index (χ4n) is 2.60. The molecule has 2 heterocycles. The molecule has 27 heavy (non-hydrogen) atoms. The third-order valence-corrected chi connectivity index (χ3v) is 5.63. The summed E-state index contributed by atoms with van der Waals surface area (Å²) in [6.07, 6.45) is 0. The zero-order chi connectivity index (χ0) is 19.0. The molecular formula is C19H14ClN3O3S. The minimum atomic E-state index is -0.385. The van der Waals surface area contributed by atoms with E-state index < -0.39 is 0 Å². The van der Waals surface area contributed by atoms with E-state index in [4.69, 9.17) is 20.8 Å². The van der Waals surface area contributed by atoms with Crippen LogP contribution in [0.4, 0.5) is 6.01 Å². The van der Waals surface area contributed by atoms with Crippen LogP contribution in [-0.2, 0) is 0 Å². The number of hydrogen-bond acceptors (Lipinski definition) is 6. The van der Waals surface area contributed by atoms with E-state index in [2.05, 4.69) is 15.5 Å². The number of halogens is 1. The van der Waals surface area contributed by atoms with E-state index in [9.17, 15) is 4.79 Å². The molecule has 2 aromatic heterocycles. The first kappa shape index (κ1) is 17.5. The molecule has 0 fully saturated rings. The van der Waals surface area contributed by atoms with Gasteiger partial charge >= 0.3 is 6.01 Å². The minimum Gasteiger partial charge on any atom is -0.497 e. The van der Waals surface area contributed by atoms with Gasteiger partial charge in [0.1, 0.15) is 10.6 Å². The number of benzene rings is 2. The lowest BCUT2D eigenvalue weighted by molar-refractivity contribution is 0.102. The Balaban J connectivity index is 1.56. The van der Waals surface area contributed by atoms with Gasteiger partial charge in [0.15, 0.2) is 0 Å². The van der Waals surface area contributed by atoms with Crippen molar-refractivity contribution in [1.82, 2.24) is 10.2 Å². The molecule has 0 unspecified atom stereocenters. The van der Waals surface area contributed by atoms with Gasteiger partial charge in [0.25, 0.3) is 5.91 Å². The van der Waals surface area contributed by atoms with E-state index in [0.717, 1.165) is 27.0 Å². The third kappa shape index (κ3) is 3.39. The van der Waals surface area contributed by atoms with Gasteiger partial charge in [0.05, 0.1) is 12.1 Å². The number of ether oxygens (including phenoxy) is 1. The van der Waals surface area contributed by atoms with Gasteiger partial charge in [-0.05, 0) is 42.8 Å². The van der Waals surface area contributed by atoms with Crippen molar-refractivity contribution in [2.45, 2.75) is 6.92 Å². The smallest absolute Gasteiger partial charge is 0.322 e. The highest BCUT2D eigenvalue weighted by Crippen LogP contribution is 2.36. The Hall–Kier alpha value is -2.90. The van der Waals surface area contributed by atoms with Crippen molar-refractivity contribution in [3.8, 4) is 17.2 Å². The molecule has 4 rings (SSSR count). The van der Waals surface area contributed by atoms with Crippen LogP contribution in [0, 0.1) is 6.92 Å². The summed E-state index contributed by atoms with van der Waals surface area (Å²) in [5, 5.41) is 11.7. The average molecular weight is 400 g/mol. The largest absolute Gasteiger partial charge is 0.497 e. The topological polar surface area (TPSA) is 77.3 Å². The Morgan fingerprint density at radius 2 is 1.96 bits per heavy atom. The molecule has 0 saturated heterocycles. The summed E-state index contributed by atoms with van der Waals surface area (Å²) < 4.78 is 11.6. The van der Waals surface area contributed by atoms with E-state index in [1.807, 2.05) is 25.1 Å². The molecule has 0 spiro atoms. The Labute approximate surface area is 163 Å². The second-order valence-electron chi connectivity index (χ2n) is 5.84. The molecule has 4 aromatic rings. The maximum Gasteiger partial charge on any atom is 0.322 e. The normalized spacial score (nSPS) is 10.9. The number of methoxy groups -OCH3 is 1. The zero-order valence-electron chi connectivity index (χ0n) is 14.4. The molecule has 136 valence electrons. The van der Waals surface area contributed by atoms with Crippen LogP contribution in [0.25, 0.3) is 21.5 Å². The van der Waals surface area contributed by atoms with Gasteiger partial charge in [-0.3, -0.25) is 10.1 Å². The molecule has 0 atom stereocenters. The number of carbonyl (C=O) groups excluding carboxylic acids is 1. The van der Waals surface area contributed by atoms with E-state index in [1.54, 1.807) is 31.4 Å². The van der Waals surface area contributed by atoms with Crippen LogP contribution in [0.15, 0.2) is 46.9 Å². The molecule has 2 aromatic carbocycles. The molecule has 1 N–H and O–H groups in total. The maximum absolute atomic E-state index is 12.6. The number of aromatic nitrogens is 2. The Morgan fingerprint density at radius 1 is 1.19 bits per heavy atom. The molecular weight excluding hydrogens is 386 g/mol. The minimum absolute atomic E-state index is 0.00974. The molecule has 0 aliphatic carbocycles. The second-order valence-corrected chi connectivity index (χ2v) is 7.27. The molecule has 1 amide bonds. The predicted octanol–water partition coefficient (Wildman–Crippen LogP) is 5.17. The molecule has 0 bridgehead atoms. The van der Waals surface area contributed by atoms with Crippen molar-refractivity contribution in [2.75, 3.05) is 12.4 Å². The monoisotopic (exact) mass is 399 g/mol. The Morgan fingerprint density at radius 3 is 2.70 bits per heavy atom. The number of aryl methyl sites for hydroxylation is 1. The summed E-state index contributed by atoms with van der Waals surface area (Å²) in [7, 11) is 1.59. The van der Waals surface area contributed by atoms with Gasteiger partial charge in [-0.2, -0.15) is 0 Å². The van der Waals surface area contributed by atoms with E-state index in [0.29, 0.717) is 15.8 Å². The molecule has 0 aliphatic heterocycles. The van der Waals surface area contributed by atoms with Gasteiger partial charge in [0.2, 0.25) is 5.89 Å². The van der Waals surface area contributed by atoms with Crippen molar-refractivity contribution in [1.29, 1.82) is 0 Å². The predicted molar refractivity (Wildman–Crippen MR) is 106 cm³/mol. The number of anilines is 1. The molecule has 0 aliphatic rings. The average Bonchev–Trinajstić information content (AvgIpc) is 3.26. The number of nitrogens with one attached hydrogen (secondary N) is 1. The van der Waals surface area contributed by atoms with Gasteiger partial charge < -0.3 is 9.15 Å². The van der Waals surface area contributed by atoms with Crippen molar-refractivity contribution < 1.29 is 13.9 Å². The quantitative estimate of drug-likeness (QED) is 0.512. The molecule has 6 nitrogen and oxygen atoms in total. The lowest BCUT2D eigenvalue weighted by atomic mass is 10.2. The van der Waals surface area contributed by atoms with Crippen LogP contribution in [0.5, 0.6) is 5.75 Å². The fourth-order valence-corrected chi connectivity index (χ4v) is 4.11. The van der Waals surface area contributed by atoms with E-state index >= 15 is 0 Å². The number of rotatable bonds is 4. The number of nitrogens with zero attached hydrogens (tertiary/aromatic N) is 2. The van der Waals surface area contributed by atoms with Crippen molar-refractivity contribution >= 4 is 44.9 Å². The highest BCUT2D eigenvalue weighted by molar-refractivity contribution is 7.21. The lowest BCUT2D eigenvalue weighted by Gasteiger charge is -2.00. The standard InChI is InChI=1S/C19H14ClN3O3S/c1-10-3-8-13-14(9-10)27-16(15(13)20)17(24)21-19-23-22-18(26-19)11-4-6-12(25-2)7-5-11/h3-9H,1-2H3,(H,21,23,24). The summed E-state index contributed by atoms with van der Waals surface area (Å²) >= 11 is 7.70. The van der Waals surface area contributed by atoms with Gasteiger partial charge in [0, 0.05) is 15.6 Å². The van der Waals surface area contributed by atoms with Crippen LogP contribution in [0.1, 0.15) is 15.2 Å². The third-order valence-electron chi connectivity index (χ3n) is 3.97. The molecule has 8 heteroatoms. The highest BCUT2D eigenvalue weighted by Gasteiger charge is 2.19. The van der Waals surface area contributed by atoms with Gasteiger partial charge in [-0.15, -0.1) is 16.4 Å². The van der Waals surface area contributed by atoms with Gasteiger partial charge in [-0.25, -0.2) is 0 Å². The fraction of sp³-hybridized carbons (Fsp3) is 0.105. The van der Waals surface area contributed by atoms with Crippen LogP contribution in [0.2, 0.25) is 5.02 Å². The van der Waals surface area contributed by atoms with Crippen LogP contribution < -0.4 is 10.1 Å². The van der Waals surface area contributed by atoms with E-state index in [-0.39, 0.29) is 11.9 Å². The second kappa shape index (κ2) is 7.02. The summed E-state index contributed by atoms with van der Waals surface area (Å²) in [6, 6.07) is 13.0. The Bertz CT molecular complexity index is 1140. The highest BCUT2D eigenvalue weighted by atomic mass is 35.5. The number of amides is 1. The summed E-state index contributed by atoms with van der Waals surface area (Å²) in [5.74, 6) is 0.635. The van der Waals surface area contributed by atoms with Crippen LogP contribution >= 0.6 is 22.9 Å². The first-order valence-electron chi connectivity index (χ1n) is 8.03. The lowest BCUT2D eigenvalue weighted by Crippen LogP contribution is -2.10. The van der Waals surface area contributed by atoms with Crippen molar-refractivity contribution in [3.05, 3.63) is 57.9 Å². The summed E-state index contributed by atoms with van der Waals surface area (Å²) in [4.78, 5) is 13.0. The summed E-state index contributed by atoms with van der Waals surface area (Å²) in [6.45, 7) is 1.99. The van der Waals surface area contributed by atoms with Crippen LogP contribution in [0.3, 0.4) is 0 Å². The van der Waals surface area contributed by atoms with Crippen molar-refractivity contribution in [2.24, 2.45) is 0 Å².